The fraction of sp³-hybridized carbons (Fsp3) is 0.462. The van der Waals surface area contributed by atoms with Crippen LogP contribution in [0.5, 0.6) is 0 Å². The normalized spacial score (nSPS) is 17.1. The maximum atomic E-state index is 11.7. The van der Waals surface area contributed by atoms with Crippen molar-refractivity contribution in [1.82, 2.24) is 0 Å². The van der Waals surface area contributed by atoms with E-state index >= 15 is 0 Å². The molecule has 0 atom stereocenters. The predicted molar refractivity (Wildman–Crippen MR) is 68.2 cm³/mol. The minimum atomic E-state index is -0.336. The Balaban J connectivity index is 1.99. The third-order valence-corrected chi connectivity index (χ3v) is 3.62. The number of anilines is 1. The Morgan fingerprint density at radius 3 is 2.82 bits per heavy atom. The summed E-state index contributed by atoms with van der Waals surface area (Å²) in [5.74, 6) is -0.113. The number of carbonyl (C=O) groups is 1. The van der Waals surface area contributed by atoms with Crippen molar-refractivity contribution in [2.75, 3.05) is 19.0 Å². The highest BCUT2D eigenvalue weighted by atomic mass is 35.5. The number of ether oxygens (including phenoxy) is 1. The van der Waals surface area contributed by atoms with Gasteiger partial charge in [0.1, 0.15) is 0 Å². The summed E-state index contributed by atoms with van der Waals surface area (Å²) in [6.07, 6.45) is 2.88. The third-order valence-electron chi connectivity index (χ3n) is 3.38. The molecule has 1 aromatic carbocycles. The van der Waals surface area contributed by atoms with E-state index in [0.29, 0.717) is 11.6 Å². The molecule has 1 aliphatic rings. The maximum absolute atomic E-state index is 11.7. The molecular weight excluding hydrogens is 238 g/mol. The Bertz CT molecular complexity index is 416. The molecule has 0 spiro atoms. The van der Waals surface area contributed by atoms with Gasteiger partial charge in [-0.15, -0.1) is 0 Å². The average Bonchev–Trinajstić information content (AvgIpc) is 2.27. The van der Waals surface area contributed by atoms with Crippen molar-refractivity contribution in [1.29, 1.82) is 0 Å². The standard InChI is InChI=1S/C13H16ClNO2/c1-17-12(16)13(6-3-7-13)9-15-11-5-2-4-10(14)8-11/h2,4-5,8,15H,3,6-7,9H2,1H3. The fourth-order valence-corrected chi connectivity index (χ4v) is 2.33. The van der Waals surface area contributed by atoms with Gasteiger partial charge < -0.3 is 10.1 Å². The third kappa shape index (κ3) is 2.55. The van der Waals surface area contributed by atoms with Crippen LogP contribution >= 0.6 is 11.6 Å². The number of benzene rings is 1. The van der Waals surface area contributed by atoms with E-state index < -0.39 is 0 Å². The van der Waals surface area contributed by atoms with Crippen molar-refractivity contribution in [2.45, 2.75) is 19.3 Å². The van der Waals surface area contributed by atoms with Crippen LogP contribution in [0.2, 0.25) is 5.02 Å². The number of nitrogens with one attached hydrogen (secondary N) is 1. The van der Waals surface area contributed by atoms with Crippen LogP contribution in [0.3, 0.4) is 0 Å². The van der Waals surface area contributed by atoms with Gasteiger partial charge in [0.2, 0.25) is 0 Å². The molecule has 0 saturated heterocycles. The number of hydrogen-bond acceptors (Lipinski definition) is 3. The topological polar surface area (TPSA) is 38.3 Å². The van der Waals surface area contributed by atoms with Crippen LogP contribution in [-0.4, -0.2) is 19.6 Å². The summed E-state index contributed by atoms with van der Waals surface area (Å²) in [5, 5.41) is 3.95. The van der Waals surface area contributed by atoms with Gasteiger partial charge in [0.25, 0.3) is 0 Å². The first-order chi connectivity index (χ1) is 8.16. The zero-order valence-corrected chi connectivity index (χ0v) is 10.6. The van der Waals surface area contributed by atoms with E-state index in [1.807, 2.05) is 24.3 Å². The molecule has 0 unspecified atom stereocenters. The fourth-order valence-electron chi connectivity index (χ4n) is 2.14. The summed E-state index contributed by atoms with van der Waals surface area (Å²) in [7, 11) is 1.45. The van der Waals surface area contributed by atoms with Crippen LogP contribution < -0.4 is 5.32 Å². The summed E-state index contributed by atoms with van der Waals surface area (Å²) in [6.45, 7) is 0.611. The number of esters is 1. The largest absolute Gasteiger partial charge is 0.469 e. The molecule has 4 heteroatoms. The number of carbonyl (C=O) groups excluding carboxylic acids is 1. The molecule has 3 nitrogen and oxygen atoms in total. The average molecular weight is 254 g/mol. The van der Waals surface area contributed by atoms with Gasteiger partial charge in [0.05, 0.1) is 12.5 Å². The smallest absolute Gasteiger partial charge is 0.313 e. The molecule has 2 rings (SSSR count). The molecule has 1 aliphatic carbocycles. The summed E-state index contributed by atoms with van der Waals surface area (Å²) < 4.78 is 4.86. The van der Waals surface area contributed by atoms with E-state index in [4.69, 9.17) is 16.3 Å². The zero-order valence-electron chi connectivity index (χ0n) is 9.83. The van der Waals surface area contributed by atoms with Crippen LogP contribution in [0.25, 0.3) is 0 Å². The number of hydrogen-bond donors (Lipinski definition) is 1. The molecule has 0 radical (unpaired) electrons. The van der Waals surface area contributed by atoms with Gasteiger partial charge in [-0.05, 0) is 31.0 Å². The van der Waals surface area contributed by atoms with Gasteiger partial charge in [0.15, 0.2) is 0 Å². The monoisotopic (exact) mass is 253 g/mol. The van der Waals surface area contributed by atoms with Crippen LogP contribution in [0.4, 0.5) is 5.69 Å². The SMILES string of the molecule is COC(=O)C1(CNc2cccc(Cl)c2)CCC1. The number of methoxy groups -OCH3 is 1. The van der Waals surface area contributed by atoms with Crippen molar-refractivity contribution in [3.05, 3.63) is 29.3 Å². The second kappa shape index (κ2) is 4.96. The van der Waals surface area contributed by atoms with Gasteiger partial charge in [-0.25, -0.2) is 0 Å². The maximum Gasteiger partial charge on any atom is 0.313 e. The molecule has 0 aliphatic heterocycles. The molecule has 92 valence electrons. The molecule has 1 aromatic rings. The van der Waals surface area contributed by atoms with Crippen molar-refractivity contribution >= 4 is 23.3 Å². The highest BCUT2D eigenvalue weighted by molar-refractivity contribution is 6.30. The van der Waals surface area contributed by atoms with Crippen molar-refractivity contribution in [3.8, 4) is 0 Å². The first-order valence-corrected chi connectivity index (χ1v) is 6.12. The molecule has 1 N–H and O–H groups in total. The van der Waals surface area contributed by atoms with E-state index in [9.17, 15) is 4.79 Å². The van der Waals surface area contributed by atoms with E-state index in [-0.39, 0.29) is 11.4 Å². The number of rotatable bonds is 4. The Morgan fingerprint density at radius 2 is 2.29 bits per heavy atom. The first-order valence-electron chi connectivity index (χ1n) is 5.74. The van der Waals surface area contributed by atoms with Crippen LogP contribution in [0, 0.1) is 5.41 Å². The van der Waals surface area contributed by atoms with Crippen molar-refractivity contribution < 1.29 is 9.53 Å². The van der Waals surface area contributed by atoms with Gasteiger partial charge in [0, 0.05) is 17.3 Å². The van der Waals surface area contributed by atoms with Crippen molar-refractivity contribution in [2.24, 2.45) is 5.41 Å². The van der Waals surface area contributed by atoms with Crippen LogP contribution in [0.15, 0.2) is 24.3 Å². The molecule has 0 aromatic heterocycles. The Morgan fingerprint density at radius 1 is 1.53 bits per heavy atom. The van der Waals surface area contributed by atoms with Crippen molar-refractivity contribution in [3.63, 3.8) is 0 Å². The molecule has 0 amide bonds. The lowest BCUT2D eigenvalue weighted by Gasteiger charge is -2.39. The summed E-state index contributed by atoms with van der Waals surface area (Å²) in [6, 6.07) is 7.50. The van der Waals surface area contributed by atoms with E-state index in [1.54, 1.807) is 0 Å². The highest BCUT2D eigenvalue weighted by Gasteiger charge is 2.45. The second-order valence-electron chi connectivity index (χ2n) is 4.49. The van der Waals surface area contributed by atoms with Crippen LogP contribution in [0.1, 0.15) is 19.3 Å². The lowest BCUT2D eigenvalue weighted by molar-refractivity contribution is -0.157. The first kappa shape index (κ1) is 12.2. The molecular formula is C13H16ClNO2. The molecule has 17 heavy (non-hydrogen) atoms. The van der Waals surface area contributed by atoms with Gasteiger partial charge in [-0.3, -0.25) is 4.79 Å². The quantitative estimate of drug-likeness (QED) is 0.838. The molecule has 0 heterocycles. The predicted octanol–water partition coefficient (Wildman–Crippen LogP) is 3.10. The minimum Gasteiger partial charge on any atom is -0.469 e. The Kier molecular flexibility index (Phi) is 3.57. The number of halogens is 1. The Hall–Kier alpha value is -1.22. The lowest BCUT2D eigenvalue weighted by Crippen LogP contribution is -2.44. The summed E-state index contributed by atoms with van der Waals surface area (Å²) in [4.78, 5) is 11.7. The molecule has 1 saturated carbocycles. The van der Waals surface area contributed by atoms with Gasteiger partial charge in [-0.1, -0.05) is 24.1 Å². The van der Waals surface area contributed by atoms with Gasteiger partial charge in [-0.2, -0.15) is 0 Å². The van der Waals surface area contributed by atoms with E-state index in [1.165, 1.54) is 7.11 Å². The summed E-state index contributed by atoms with van der Waals surface area (Å²) >= 11 is 5.90. The lowest BCUT2D eigenvalue weighted by atomic mass is 9.68. The highest BCUT2D eigenvalue weighted by Crippen LogP contribution is 2.42. The van der Waals surface area contributed by atoms with Crippen LogP contribution in [-0.2, 0) is 9.53 Å². The summed E-state index contributed by atoms with van der Waals surface area (Å²) in [5.41, 5.74) is 0.601. The zero-order chi connectivity index (χ0) is 12.3. The molecule has 1 fully saturated rings. The minimum absolute atomic E-state index is 0.113. The van der Waals surface area contributed by atoms with E-state index in [0.717, 1.165) is 24.9 Å². The van der Waals surface area contributed by atoms with E-state index in [2.05, 4.69) is 5.32 Å². The second-order valence-corrected chi connectivity index (χ2v) is 4.93. The Labute approximate surface area is 106 Å². The molecule has 0 bridgehead atoms. The van der Waals surface area contributed by atoms with Gasteiger partial charge >= 0.3 is 5.97 Å².